The van der Waals surface area contributed by atoms with Gasteiger partial charge in [0.05, 0.1) is 42.9 Å². The van der Waals surface area contributed by atoms with Crippen LogP contribution in [0.3, 0.4) is 0 Å². The van der Waals surface area contributed by atoms with E-state index < -0.39 is 29.6 Å². The van der Waals surface area contributed by atoms with Crippen molar-refractivity contribution in [2.24, 2.45) is 5.73 Å². The summed E-state index contributed by atoms with van der Waals surface area (Å²) in [6.07, 6.45) is -4.47. The minimum absolute atomic E-state index is 0.00401. The topological polar surface area (TPSA) is 115 Å². The second kappa shape index (κ2) is 11.2. The second-order valence-electron chi connectivity index (χ2n) is 8.45. The number of carbonyl (C=O) groups excluding carboxylic acids is 2. The van der Waals surface area contributed by atoms with Gasteiger partial charge in [0.15, 0.2) is 0 Å². The Bertz CT molecular complexity index is 1520. The SMILES string of the molecule is COC(=O)C1=C(C(=O)OC)N(c2ccc(Oc3ccc(C(F)(F)F)cc3)cc2)C(N)=C(C#N)C1c1ccccc1. The van der Waals surface area contributed by atoms with Crippen LogP contribution in [0.4, 0.5) is 18.9 Å². The highest BCUT2D eigenvalue weighted by molar-refractivity contribution is 6.06. The summed E-state index contributed by atoms with van der Waals surface area (Å²) in [5.41, 5.74) is 6.07. The molecule has 0 fully saturated rings. The highest BCUT2D eigenvalue weighted by Crippen LogP contribution is 2.43. The van der Waals surface area contributed by atoms with E-state index in [1.165, 1.54) is 41.3 Å². The fourth-order valence-corrected chi connectivity index (χ4v) is 4.29. The molecule has 8 nitrogen and oxygen atoms in total. The molecular weight excluding hydrogens is 527 g/mol. The highest BCUT2D eigenvalue weighted by Gasteiger charge is 2.43. The molecule has 3 aromatic rings. The minimum Gasteiger partial charge on any atom is -0.466 e. The fraction of sp³-hybridized carbons (Fsp3) is 0.138. The van der Waals surface area contributed by atoms with Gasteiger partial charge in [-0.15, -0.1) is 0 Å². The van der Waals surface area contributed by atoms with E-state index in [4.69, 9.17) is 19.9 Å². The van der Waals surface area contributed by atoms with Crippen LogP contribution in [0, 0.1) is 11.3 Å². The number of hydrogen-bond donors (Lipinski definition) is 1. The third kappa shape index (κ3) is 5.33. The van der Waals surface area contributed by atoms with Crippen LogP contribution in [0.1, 0.15) is 17.0 Å². The third-order valence-electron chi connectivity index (χ3n) is 6.12. The molecule has 3 aromatic carbocycles. The third-order valence-corrected chi connectivity index (χ3v) is 6.12. The normalized spacial score (nSPS) is 15.4. The predicted octanol–water partition coefficient (Wildman–Crippen LogP) is 5.40. The lowest BCUT2D eigenvalue weighted by atomic mass is 9.81. The summed E-state index contributed by atoms with van der Waals surface area (Å²) in [7, 11) is 2.29. The van der Waals surface area contributed by atoms with Crippen LogP contribution in [0.25, 0.3) is 0 Å². The van der Waals surface area contributed by atoms with Crippen molar-refractivity contribution < 1.29 is 37.0 Å². The zero-order valence-corrected chi connectivity index (χ0v) is 21.2. The number of nitrogens with two attached hydrogens (primary N) is 1. The molecule has 11 heteroatoms. The Morgan fingerprint density at radius 2 is 1.43 bits per heavy atom. The van der Waals surface area contributed by atoms with Gasteiger partial charge in [0.2, 0.25) is 0 Å². The summed E-state index contributed by atoms with van der Waals surface area (Å²) in [4.78, 5) is 27.4. The average molecular weight is 550 g/mol. The number of anilines is 1. The van der Waals surface area contributed by atoms with Gasteiger partial charge in [-0.3, -0.25) is 4.90 Å². The summed E-state index contributed by atoms with van der Waals surface area (Å²) in [6.45, 7) is 0. The van der Waals surface area contributed by atoms with E-state index in [0.29, 0.717) is 5.56 Å². The van der Waals surface area contributed by atoms with Gasteiger partial charge >= 0.3 is 18.1 Å². The molecule has 1 aliphatic heterocycles. The smallest absolute Gasteiger partial charge is 0.416 e. The molecule has 1 aliphatic rings. The van der Waals surface area contributed by atoms with Crippen molar-refractivity contribution in [3.05, 3.63) is 113 Å². The summed E-state index contributed by atoms with van der Waals surface area (Å²) in [5, 5.41) is 10.1. The first-order valence-corrected chi connectivity index (χ1v) is 11.7. The molecule has 1 atom stereocenters. The van der Waals surface area contributed by atoms with E-state index in [1.54, 1.807) is 30.3 Å². The zero-order valence-electron chi connectivity index (χ0n) is 21.2. The summed E-state index contributed by atoms with van der Waals surface area (Å²) >= 11 is 0. The van der Waals surface area contributed by atoms with E-state index in [9.17, 15) is 28.0 Å². The Kier molecular flexibility index (Phi) is 7.81. The molecular formula is C29H22F3N3O5. The van der Waals surface area contributed by atoms with Gasteiger partial charge in [0.25, 0.3) is 0 Å². The Balaban J connectivity index is 1.79. The van der Waals surface area contributed by atoms with Crippen LogP contribution in [0.5, 0.6) is 11.5 Å². The lowest BCUT2D eigenvalue weighted by molar-refractivity contribution is -0.139. The van der Waals surface area contributed by atoms with Crippen molar-refractivity contribution in [1.82, 2.24) is 0 Å². The van der Waals surface area contributed by atoms with E-state index >= 15 is 0 Å². The van der Waals surface area contributed by atoms with Gasteiger partial charge in [-0.25, -0.2) is 9.59 Å². The van der Waals surface area contributed by atoms with Gasteiger partial charge < -0.3 is 19.9 Å². The summed E-state index contributed by atoms with van der Waals surface area (Å²) in [6, 6.07) is 20.8. The molecule has 4 rings (SSSR count). The van der Waals surface area contributed by atoms with Crippen LogP contribution in [0.15, 0.2) is 102 Å². The fourth-order valence-electron chi connectivity index (χ4n) is 4.29. The van der Waals surface area contributed by atoms with Crippen LogP contribution < -0.4 is 15.4 Å². The molecule has 0 radical (unpaired) electrons. The number of methoxy groups -OCH3 is 2. The first kappa shape index (κ1) is 27.8. The van der Waals surface area contributed by atoms with Gasteiger partial charge in [0.1, 0.15) is 23.0 Å². The number of halogens is 3. The zero-order chi connectivity index (χ0) is 29.0. The number of nitriles is 1. The minimum atomic E-state index is -4.47. The number of ether oxygens (including phenoxy) is 3. The highest BCUT2D eigenvalue weighted by atomic mass is 19.4. The van der Waals surface area contributed by atoms with Gasteiger partial charge in [-0.05, 0) is 54.1 Å². The Hall–Kier alpha value is -5.24. The van der Waals surface area contributed by atoms with Crippen LogP contribution >= 0.6 is 0 Å². The Morgan fingerprint density at radius 3 is 1.93 bits per heavy atom. The van der Waals surface area contributed by atoms with Crippen molar-refractivity contribution >= 4 is 17.6 Å². The van der Waals surface area contributed by atoms with Gasteiger partial charge in [-0.1, -0.05) is 30.3 Å². The molecule has 0 amide bonds. The van der Waals surface area contributed by atoms with Crippen molar-refractivity contribution in [3.63, 3.8) is 0 Å². The summed E-state index contributed by atoms with van der Waals surface area (Å²) in [5.74, 6) is -2.44. The lowest BCUT2D eigenvalue weighted by Crippen LogP contribution is -2.40. The van der Waals surface area contributed by atoms with Crippen molar-refractivity contribution in [1.29, 1.82) is 5.26 Å². The molecule has 0 aliphatic carbocycles. The standard InChI is InChI=1S/C29H22F3N3O5/c1-38-27(36)24-23(17-6-4-3-5-7-17)22(16-33)26(34)35(25(24)28(37)39-2)19-10-14-21(15-11-19)40-20-12-8-18(9-13-20)29(30,31)32/h3-15,23H,34H2,1-2H3. The van der Waals surface area contributed by atoms with Crippen molar-refractivity contribution in [3.8, 4) is 17.6 Å². The number of carbonyl (C=O) groups is 2. The van der Waals surface area contributed by atoms with E-state index in [1.807, 2.05) is 0 Å². The quantitative estimate of drug-likeness (QED) is 0.407. The first-order chi connectivity index (χ1) is 19.1. The number of esters is 2. The van der Waals surface area contributed by atoms with E-state index in [0.717, 1.165) is 26.4 Å². The van der Waals surface area contributed by atoms with Crippen LogP contribution in [-0.2, 0) is 25.2 Å². The Morgan fingerprint density at radius 1 is 0.875 bits per heavy atom. The molecule has 1 heterocycles. The number of benzene rings is 3. The van der Waals surface area contributed by atoms with Gasteiger partial charge in [0, 0.05) is 5.69 Å². The van der Waals surface area contributed by atoms with Crippen molar-refractivity contribution in [2.45, 2.75) is 12.1 Å². The van der Waals surface area contributed by atoms with Crippen LogP contribution in [-0.4, -0.2) is 26.2 Å². The number of rotatable bonds is 6. The molecule has 1 unspecified atom stereocenters. The molecule has 2 N–H and O–H groups in total. The average Bonchev–Trinajstić information content (AvgIpc) is 2.96. The molecule has 0 aromatic heterocycles. The van der Waals surface area contributed by atoms with E-state index in [-0.39, 0.29) is 39.9 Å². The number of allylic oxidation sites excluding steroid dienone is 1. The molecule has 0 saturated carbocycles. The van der Waals surface area contributed by atoms with Gasteiger partial charge in [-0.2, -0.15) is 18.4 Å². The lowest BCUT2D eigenvalue weighted by Gasteiger charge is -2.35. The molecule has 0 saturated heterocycles. The predicted molar refractivity (Wildman–Crippen MR) is 138 cm³/mol. The summed E-state index contributed by atoms with van der Waals surface area (Å²) < 4.78 is 54.2. The van der Waals surface area contributed by atoms with Crippen LogP contribution in [0.2, 0.25) is 0 Å². The largest absolute Gasteiger partial charge is 0.466 e. The molecule has 40 heavy (non-hydrogen) atoms. The maximum atomic E-state index is 13.1. The Labute approximate surface area is 227 Å². The molecule has 0 bridgehead atoms. The van der Waals surface area contributed by atoms with Crippen molar-refractivity contribution in [2.75, 3.05) is 19.1 Å². The second-order valence-corrected chi connectivity index (χ2v) is 8.45. The number of hydrogen-bond acceptors (Lipinski definition) is 8. The van der Waals surface area contributed by atoms with E-state index in [2.05, 4.69) is 6.07 Å². The molecule has 204 valence electrons. The monoisotopic (exact) mass is 549 g/mol. The maximum Gasteiger partial charge on any atom is 0.416 e. The first-order valence-electron chi connectivity index (χ1n) is 11.7. The maximum absolute atomic E-state index is 13.1. The number of nitrogens with zero attached hydrogens (tertiary/aromatic N) is 2. The number of alkyl halides is 3. The molecule has 0 spiro atoms.